The molecule has 0 saturated carbocycles. The van der Waals surface area contributed by atoms with E-state index in [4.69, 9.17) is 14.2 Å². The molecule has 1 unspecified atom stereocenters. The number of hydrogen-bond acceptors (Lipinski definition) is 7. The van der Waals surface area contributed by atoms with Crippen molar-refractivity contribution in [1.29, 1.82) is 0 Å². The summed E-state index contributed by atoms with van der Waals surface area (Å²) in [7, 11) is 1.18. The van der Waals surface area contributed by atoms with Crippen LogP contribution >= 0.6 is 0 Å². The third kappa shape index (κ3) is 4.30. The van der Waals surface area contributed by atoms with E-state index in [1.165, 1.54) is 7.11 Å². The van der Waals surface area contributed by atoms with Gasteiger partial charge in [0.2, 0.25) is 0 Å². The molecule has 1 aliphatic heterocycles. The number of nitrogens with one attached hydrogen (secondary N) is 1. The van der Waals surface area contributed by atoms with Gasteiger partial charge in [-0.2, -0.15) is 0 Å². The van der Waals surface area contributed by atoms with Crippen molar-refractivity contribution in [1.82, 2.24) is 10.4 Å². The lowest BCUT2D eigenvalue weighted by atomic mass is 10.1. The summed E-state index contributed by atoms with van der Waals surface area (Å²) in [5, 5.41) is 1.03. The van der Waals surface area contributed by atoms with Crippen LogP contribution in [0, 0.1) is 0 Å². The molecule has 120 valence electrons. The second-order valence-electron chi connectivity index (χ2n) is 4.45. The number of carbonyl (C=O) groups excluding carboxylic acids is 3. The topological polar surface area (TPSA) is 103 Å². The Morgan fingerprint density at radius 2 is 1.90 bits per heavy atom. The van der Waals surface area contributed by atoms with E-state index < -0.39 is 30.2 Å². The number of carbonyl (C=O) groups is 3. The van der Waals surface area contributed by atoms with Crippen LogP contribution in [0.1, 0.15) is 20.8 Å². The Morgan fingerprint density at radius 1 is 1.29 bits per heavy atom. The van der Waals surface area contributed by atoms with Gasteiger partial charge in [0, 0.05) is 6.04 Å². The molecule has 0 aromatic carbocycles. The summed E-state index contributed by atoms with van der Waals surface area (Å²) in [6.45, 7) is 4.97. The normalized spacial score (nSPS) is 21.0. The Bertz CT molecular complexity index is 399. The predicted molar refractivity (Wildman–Crippen MR) is 68.8 cm³/mol. The number of amides is 2. The fourth-order valence-electron chi connectivity index (χ4n) is 1.70. The molecule has 1 fully saturated rings. The summed E-state index contributed by atoms with van der Waals surface area (Å²) in [5.41, 5.74) is 2.27. The van der Waals surface area contributed by atoms with Crippen molar-refractivity contribution in [2.24, 2.45) is 0 Å². The molecule has 1 aliphatic rings. The number of hydrazine groups is 1. The van der Waals surface area contributed by atoms with Gasteiger partial charge in [0.05, 0.1) is 13.7 Å². The maximum absolute atomic E-state index is 12.4. The van der Waals surface area contributed by atoms with E-state index in [1.54, 1.807) is 20.8 Å². The highest BCUT2D eigenvalue weighted by Gasteiger charge is 2.44. The SMILES string of the molecule is CCOC(=O)[C@@H]1OCOC1C(=O)N(NC(=O)OC)C(C)C. The van der Waals surface area contributed by atoms with Crippen molar-refractivity contribution in [2.75, 3.05) is 20.5 Å². The Kier molecular flexibility index (Phi) is 6.38. The van der Waals surface area contributed by atoms with Crippen LogP contribution in [0.25, 0.3) is 0 Å². The Hall–Kier alpha value is -1.87. The predicted octanol–water partition coefficient (Wildman–Crippen LogP) is -0.201. The molecule has 0 spiro atoms. The molecule has 9 nitrogen and oxygen atoms in total. The second-order valence-corrected chi connectivity index (χ2v) is 4.45. The molecule has 21 heavy (non-hydrogen) atoms. The summed E-state index contributed by atoms with van der Waals surface area (Å²) >= 11 is 0. The lowest BCUT2D eigenvalue weighted by Gasteiger charge is -2.29. The van der Waals surface area contributed by atoms with Crippen LogP contribution in [0.15, 0.2) is 0 Å². The van der Waals surface area contributed by atoms with Gasteiger partial charge in [-0.05, 0) is 20.8 Å². The van der Waals surface area contributed by atoms with Gasteiger partial charge in [0.1, 0.15) is 6.79 Å². The molecular formula is C12H20N2O7. The van der Waals surface area contributed by atoms with Gasteiger partial charge < -0.3 is 18.9 Å². The van der Waals surface area contributed by atoms with E-state index in [-0.39, 0.29) is 19.4 Å². The summed E-state index contributed by atoms with van der Waals surface area (Å²) in [6, 6.07) is -0.372. The minimum Gasteiger partial charge on any atom is -0.464 e. The van der Waals surface area contributed by atoms with Crippen LogP contribution in [-0.4, -0.2) is 61.7 Å². The molecule has 1 saturated heterocycles. The van der Waals surface area contributed by atoms with Crippen molar-refractivity contribution in [3.8, 4) is 0 Å². The molecule has 0 radical (unpaired) electrons. The van der Waals surface area contributed by atoms with E-state index in [1.807, 2.05) is 0 Å². The van der Waals surface area contributed by atoms with Gasteiger partial charge in [-0.3, -0.25) is 4.79 Å². The molecule has 1 N–H and O–H groups in total. The van der Waals surface area contributed by atoms with Gasteiger partial charge in [0.15, 0.2) is 12.2 Å². The van der Waals surface area contributed by atoms with Gasteiger partial charge >= 0.3 is 12.1 Å². The summed E-state index contributed by atoms with van der Waals surface area (Å²) in [6.07, 6.45) is -3.13. The first-order chi connectivity index (χ1) is 9.92. The monoisotopic (exact) mass is 304 g/mol. The van der Waals surface area contributed by atoms with Gasteiger partial charge in [-0.1, -0.05) is 0 Å². The van der Waals surface area contributed by atoms with Crippen molar-refractivity contribution >= 4 is 18.0 Å². The molecule has 9 heteroatoms. The van der Waals surface area contributed by atoms with Crippen molar-refractivity contribution in [3.63, 3.8) is 0 Å². The fraction of sp³-hybridized carbons (Fsp3) is 0.750. The number of hydrogen-bond donors (Lipinski definition) is 1. The minimum atomic E-state index is -1.18. The maximum atomic E-state index is 12.4. The van der Waals surface area contributed by atoms with Crippen molar-refractivity contribution in [3.05, 3.63) is 0 Å². The van der Waals surface area contributed by atoms with E-state index in [0.717, 1.165) is 5.01 Å². The first-order valence-electron chi connectivity index (χ1n) is 6.49. The van der Waals surface area contributed by atoms with Gasteiger partial charge in [-0.25, -0.2) is 20.0 Å². The molecule has 2 amide bonds. The summed E-state index contributed by atoms with van der Waals surface area (Å²) < 4.78 is 19.5. The van der Waals surface area contributed by atoms with Crippen LogP contribution in [0.5, 0.6) is 0 Å². The van der Waals surface area contributed by atoms with Crippen LogP contribution in [0.3, 0.4) is 0 Å². The van der Waals surface area contributed by atoms with E-state index >= 15 is 0 Å². The molecular weight excluding hydrogens is 284 g/mol. The molecule has 0 aliphatic carbocycles. The second kappa shape index (κ2) is 7.79. The van der Waals surface area contributed by atoms with Crippen LogP contribution < -0.4 is 5.43 Å². The van der Waals surface area contributed by atoms with Crippen molar-refractivity contribution < 1.29 is 33.3 Å². The summed E-state index contributed by atoms with van der Waals surface area (Å²) in [4.78, 5) is 35.4. The molecule has 1 rings (SSSR count). The van der Waals surface area contributed by atoms with Gasteiger partial charge in [-0.15, -0.1) is 0 Å². The Labute approximate surface area is 122 Å². The van der Waals surface area contributed by atoms with E-state index in [0.29, 0.717) is 0 Å². The van der Waals surface area contributed by atoms with Crippen molar-refractivity contribution in [2.45, 2.75) is 39.0 Å². The smallest absolute Gasteiger partial charge is 0.425 e. The lowest BCUT2D eigenvalue weighted by Crippen LogP contribution is -2.56. The summed E-state index contributed by atoms with van der Waals surface area (Å²) in [5.74, 6) is -1.30. The average molecular weight is 304 g/mol. The van der Waals surface area contributed by atoms with Crippen LogP contribution in [-0.2, 0) is 28.5 Å². The maximum Gasteiger partial charge on any atom is 0.425 e. The Morgan fingerprint density at radius 3 is 2.43 bits per heavy atom. The first-order valence-corrected chi connectivity index (χ1v) is 6.49. The number of rotatable bonds is 4. The number of nitrogens with zero attached hydrogens (tertiary/aromatic N) is 1. The van der Waals surface area contributed by atoms with Crippen LogP contribution in [0.2, 0.25) is 0 Å². The molecule has 1 heterocycles. The molecule has 0 aromatic heterocycles. The Balaban J connectivity index is 2.82. The van der Waals surface area contributed by atoms with Crippen LogP contribution in [0.4, 0.5) is 4.79 Å². The number of esters is 1. The molecule has 0 aromatic rings. The molecule has 0 bridgehead atoms. The quantitative estimate of drug-likeness (QED) is 0.566. The third-order valence-corrected chi connectivity index (χ3v) is 2.68. The minimum absolute atomic E-state index is 0.161. The fourth-order valence-corrected chi connectivity index (χ4v) is 1.70. The zero-order valence-corrected chi connectivity index (χ0v) is 12.5. The largest absolute Gasteiger partial charge is 0.464 e. The third-order valence-electron chi connectivity index (χ3n) is 2.68. The highest BCUT2D eigenvalue weighted by Crippen LogP contribution is 2.17. The molecule has 2 atom stereocenters. The standard InChI is InChI=1S/C12H20N2O7/c1-5-19-11(16)9-8(20-6-21-9)10(15)14(7(2)3)13-12(17)18-4/h7-9H,5-6H2,1-4H3,(H,13,17)/t8?,9-/m1/s1. The van der Waals surface area contributed by atoms with E-state index in [2.05, 4.69) is 10.2 Å². The zero-order valence-electron chi connectivity index (χ0n) is 12.5. The number of ether oxygens (including phenoxy) is 4. The average Bonchev–Trinajstić information content (AvgIpc) is 2.93. The first kappa shape index (κ1) is 17.2. The highest BCUT2D eigenvalue weighted by molar-refractivity contribution is 5.90. The lowest BCUT2D eigenvalue weighted by molar-refractivity contribution is -0.159. The zero-order chi connectivity index (χ0) is 16.0. The number of methoxy groups -OCH3 is 1. The highest BCUT2D eigenvalue weighted by atomic mass is 16.7. The van der Waals surface area contributed by atoms with Gasteiger partial charge in [0.25, 0.3) is 5.91 Å². The van der Waals surface area contributed by atoms with E-state index in [9.17, 15) is 14.4 Å².